The number of rotatable bonds is 7. The number of nitrogens with one attached hydrogen (secondary N) is 1. The summed E-state index contributed by atoms with van der Waals surface area (Å²) in [6.45, 7) is 6.58. The molecule has 0 aromatic heterocycles. The lowest BCUT2D eigenvalue weighted by molar-refractivity contribution is 0.101. The number of hydrogen-bond donors (Lipinski definition) is 1. The predicted octanol–water partition coefficient (Wildman–Crippen LogP) is 5.20. The molecule has 3 heteroatoms. The van der Waals surface area contributed by atoms with Crippen LogP contribution in [-0.4, -0.2) is 12.3 Å². The van der Waals surface area contributed by atoms with E-state index in [4.69, 9.17) is 4.74 Å². The first kappa shape index (κ1) is 16.1. The molecule has 0 amide bonds. The first-order chi connectivity index (χ1) is 10.6. The smallest absolute Gasteiger partial charge is 0.163 e. The molecule has 0 spiro atoms. The van der Waals surface area contributed by atoms with Crippen molar-refractivity contribution in [3.8, 4) is 11.5 Å². The van der Waals surface area contributed by atoms with E-state index in [1.165, 1.54) is 0 Å². The van der Waals surface area contributed by atoms with E-state index in [-0.39, 0.29) is 5.78 Å². The first-order valence-electron chi connectivity index (χ1n) is 7.74. The van der Waals surface area contributed by atoms with Crippen LogP contribution >= 0.6 is 0 Å². The number of anilines is 1. The van der Waals surface area contributed by atoms with Gasteiger partial charge in [-0.05, 0) is 50.1 Å². The standard InChI is InChI=1S/C19H23NO2/c1-4-5-11-20-18-13-14(2)12-17(15(3)21)19(18)22-16-9-7-6-8-10-16/h6-10,12-13,20H,4-5,11H2,1-3H3. The van der Waals surface area contributed by atoms with Crippen LogP contribution in [0.3, 0.4) is 0 Å². The summed E-state index contributed by atoms with van der Waals surface area (Å²) in [4.78, 5) is 12.0. The lowest BCUT2D eigenvalue weighted by Crippen LogP contribution is -2.06. The maximum absolute atomic E-state index is 12.0. The second-order valence-electron chi connectivity index (χ2n) is 5.44. The zero-order chi connectivity index (χ0) is 15.9. The minimum Gasteiger partial charge on any atom is -0.454 e. The van der Waals surface area contributed by atoms with Crippen molar-refractivity contribution in [2.24, 2.45) is 0 Å². The van der Waals surface area contributed by atoms with E-state index in [0.29, 0.717) is 11.3 Å². The molecule has 0 bridgehead atoms. The highest BCUT2D eigenvalue weighted by atomic mass is 16.5. The number of benzene rings is 2. The Hall–Kier alpha value is -2.29. The summed E-state index contributed by atoms with van der Waals surface area (Å²) in [5, 5.41) is 3.39. The van der Waals surface area contributed by atoms with Crippen molar-refractivity contribution in [1.29, 1.82) is 0 Å². The maximum atomic E-state index is 12.0. The average Bonchev–Trinajstić information content (AvgIpc) is 2.50. The van der Waals surface area contributed by atoms with Crippen LogP contribution in [0.1, 0.15) is 42.6 Å². The number of Topliss-reactive ketones (excluding diaryl/α,β-unsaturated/α-hetero) is 1. The quantitative estimate of drug-likeness (QED) is 0.563. The van der Waals surface area contributed by atoms with Crippen molar-refractivity contribution in [2.75, 3.05) is 11.9 Å². The topological polar surface area (TPSA) is 38.3 Å². The Labute approximate surface area is 132 Å². The number of aryl methyl sites for hydroxylation is 1. The van der Waals surface area contributed by atoms with Crippen LogP contribution in [0.4, 0.5) is 5.69 Å². The van der Waals surface area contributed by atoms with E-state index in [0.717, 1.165) is 36.4 Å². The molecule has 0 unspecified atom stereocenters. The van der Waals surface area contributed by atoms with Crippen LogP contribution in [0.2, 0.25) is 0 Å². The molecule has 0 atom stereocenters. The fourth-order valence-corrected chi connectivity index (χ4v) is 2.28. The van der Waals surface area contributed by atoms with Crippen LogP contribution in [0.5, 0.6) is 11.5 Å². The lowest BCUT2D eigenvalue weighted by Gasteiger charge is -2.17. The van der Waals surface area contributed by atoms with Crippen molar-refractivity contribution in [2.45, 2.75) is 33.6 Å². The Morgan fingerprint density at radius 1 is 1.18 bits per heavy atom. The minimum atomic E-state index is 0.00757. The van der Waals surface area contributed by atoms with Crippen molar-refractivity contribution >= 4 is 11.5 Å². The van der Waals surface area contributed by atoms with E-state index in [1.807, 2.05) is 49.4 Å². The normalized spacial score (nSPS) is 10.3. The maximum Gasteiger partial charge on any atom is 0.163 e. The Balaban J connectivity index is 2.39. The summed E-state index contributed by atoms with van der Waals surface area (Å²) in [5.74, 6) is 1.35. The van der Waals surface area contributed by atoms with Crippen LogP contribution in [-0.2, 0) is 0 Å². The molecule has 0 saturated heterocycles. The van der Waals surface area contributed by atoms with Gasteiger partial charge in [0, 0.05) is 6.54 Å². The predicted molar refractivity (Wildman–Crippen MR) is 91.1 cm³/mol. The molecular weight excluding hydrogens is 274 g/mol. The monoisotopic (exact) mass is 297 g/mol. The Kier molecular flexibility index (Phi) is 5.59. The van der Waals surface area contributed by atoms with Gasteiger partial charge in [-0.2, -0.15) is 0 Å². The highest BCUT2D eigenvalue weighted by Crippen LogP contribution is 2.35. The van der Waals surface area contributed by atoms with Gasteiger partial charge in [-0.15, -0.1) is 0 Å². The third kappa shape index (κ3) is 4.10. The van der Waals surface area contributed by atoms with Crippen LogP contribution in [0, 0.1) is 6.92 Å². The third-order valence-electron chi connectivity index (χ3n) is 3.42. The number of carbonyl (C=O) groups is 1. The van der Waals surface area contributed by atoms with Crippen molar-refractivity contribution in [3.05, 3.63) is 53.6 Å². The van der Waals surface area contributed by atoms with Crippen LogP contribution in [0.25, 0.3) is 0 Å². The van der Waals surface area contributed by atoms with Gasteiger partial charge >= 0.3 is 0 Å². The van der Waals surface area contributed by atoms with E-state index in [2.05, 4.69) is 12.2 Å². The molecule has 0 radical (unpaired) electrons. The highest BCUT2D eigenvalue weighted by molar-refractivity contribution is 5.99. The Morgan fingerprint density at radius 3 is 2.55 bits per heavy atom. The molecule has 2 rings (SSSR count). The zero-order valence-electron chi connectivity index (χ0n) is 13.5. The van der Waals surface area contributed by atoms with E-state index >= 15 is 0 Å². The number of hydrogen-bond acceptors (Lipinski definition) is 3. The summed E-state index contributed by atoms with van der Waals surface area (Å²) in [5.41, 5.74) is 2.54. The summed E-state index contributed by atoms with van der Waals surface area (Å²) < 4.78 is 6.00. The Morgan fingerprint density at radius 2 is 1.91 bits per heavy atom. The molecule has 116 valence electrons. The van der Waals surface area contributed by atoms with Crippen molar-refractivity contribution in [1.82, 2.24) is 0 Å². The number of carbonyl (C=O) groups excluding carboxylic acids is 1. The molecule has 2 aromatic carbocycles. The van der Waals surface area contributed by atoms with Gasteiger partial charge in [0.2, 0.25) is 0 Å². The molecule has 0 heterocycles. The van der Waals surface area contributed by atoms with E-state index in [1.54, 1.807) is 6.92 Å². The largest absolute Gasteiger partial charge is 0.454 e. The number of ether oxygens (including phenoxy) is 1. The average molecular weight is 297 g/mol. The van der Waals surface area contributed by atoms with Crippen molar-refractivity contribution < 1.29 is 9.53 Å². The number of ketones is 1. The van der Waals surface area contributed by atoms with Gasteiger partial charge in [0.25, 0.3) is 0 Å². The summed E-state index contributed by atoms with van der Waals surface area (Å²) in [7, 11) is 0. The molecule has 0 fully saturated rings. The second kappa shape index (κ2) is 7.64. The molecule has 22 heavy (non-hydrogen) atoms. The van der Waals surface area contributed by atoms with E-state index in [9.17, 15) is 4.79 Å². The van der Waals surface area contributed by atoms with E-state index < -0.39 is 0 Å². The summed E-state index contributed by atoms with van der Waals surface area (Å²) in [6, 6.07) is 13.5. The van der Waals surface area contributed by atoms with Gasteiger partial charge in [0.1, 0.15) is 5.75 Å². The molecular formula is C19H23NO2. The highest BCUT2D eigenvalue weighted by Gasteiger charge is 2.15. The molecule has 0 saturated carbocycles. The molecule has 0 aliphatic rings. The molecule has 0 aliphatic heterocycles. The molecule has 1 N–H and O–H groups in total. The van der Waals surface area contributed by atoms with Gasteiger partial charge in [-0.3, -0.25) is 4.79 Å². The fourth-order valence-electron chi connectivity index (χ4n) is 2.28. The summed E-state index contributed by atoms with van der Waals surface area (Å²) in [6.07, 6.45) is 2.20. The van der Waals surface area contributed by atoms with Gasteiger partial charge in [-0.25, -0.2) is 0 Å². The lowest BCUT2D eigenvalue weighted by atomic mass is 10.1. The van der Waals surface area contributed by atoms with Gasteiger partial charge in [-0.1, -0.05) is 31.5 Å². The van der Waals surface area contributed by atoms with Crippen molar-refractivity contribution in [3.63, 3.8) is 0 Å². The molecule has 0 aliphatic carbocycles. The minimum absolute atomic E-state index is 0.00757. The molecule has 3 nitrogen and oxygen atoms in total. The molecule has 2 aromatic rings. The third-order valence-corrected chi connectivity index (χ3v) is 3.42. The fraction of sp³-hybridized carbons (Fsp3) is 0.316. The zero-order valence-corrected chi connectivity index (χ0v) is 13.5. The van der Waals surface area contributed by atoms with Gasteiger partial charge in [0.05, 0.1) is 11.3 Å². The second-order valence-corrected chi connectivity index (χ2v) is 5.44. The van der Waals surface area contributed by atoms with Gasteiger partial charge < -0.3 is 10.1 Å². The number of para-hydroxylation sites is 1. The first-order valence-corrected chi connectivity index (χ1v) is 7.74. The van der Waals surface area contributed by atoms with Crippen LogP contribution in [0.15, 0.2) is 42.5 Å². The Bertz CT molecular complexity index is 635. The van der Waals surface area contributed by atoms with Crippen LogP contribution < -0.4 is 10.1 Å². The SMILES string of the molecule is CCCCNc1cc(C)cc(C(C)=O)c1Oc1ccccc1. The number of unbranched alkanes of at least 4 members (excludes halogenated alkanes) is 1. The van der Waals surface area contributed by atoms with Gasteiger partial charge in [0.15, 0.2) is 11.5 Å². The summed E-state index contributed by atoms with van der Waals surface area (Å²) >= 11 is 0.